The molecular weight excluding hydrogens is 437 g/mol. The van der Waals surface area contributed by atoms with Gasteiger partial charge in [0, 0.05) is 45.5 Å². The Morgan fingerprint density at radius 3 is 2.31 bits per heavy atom. The second-order valence-electron chi connectivity index (χ2n) is 7.04. The molecule has 0 aromatic heterocycles. The lowest BCUT2D eigenvalue weighted by Crippen LogP contribution is -2.52. The third kappa shape index (κ3) is 6.30. The number of nitrogens with zero attached hydrogens (tertiary/aromatic N) is 4. The Bertz CT molecular complexity index is 522. The molecule has 2 saturated heterocycles. The lowest BCUT2D eigenvalue weighted by molar-refractivity contribution is 0.329. The highest BCUT2D eigenvalue weighted by molar-refractivity contribution is 14.0. The van der Waals surface area contributed by atoms with E-state index in [9.17, 15) is 0 Å². The first-order valence-electron chi connectivity index (χ1n) is 9.85. The van der Waals surface area contributed by atoms with Gasteiger partial charge in [0.25, 0.3) is 0 Å². The maximum absolute atomic E-state index is 4.49. The highest BCUT2D eigenvalue weighted by Crippen LogP contribution is 2.15. The molecule has 1 aromatic carbocycles. The molecule has 3 rings (SSSR count). The minimum atomic E-state index is 0. The van der Waals surface area contributed by atoms with Gasteiger partial charge in [0.05, 0.1) is 0 Å². The number of rotatable bonds is 6. The van der Waals surface area contributed by atoms with Crippen LogP contribution in [-0.2, 0) is 0 Å². The Hall–Kier alpha value is -1.02. The number of likely N-dealkylation sites (tertiary alicyclic amines) is 1. The Morgan fingerprint density at radius 2 is 1.65 bits per heavy atom. The highest BCUT2D eigenvalue weighted by atomic mass is 127. The number of anilines is 1. The van der Waals surface area contributed by atoms with Crippen molar-refractivity contribution in [2.45, 2.75) is 25.7 Å². The Kier molecular flexibility index (Phi) is 9.53. The number of hydrogen-bond donors (Lipinski definition) is 1. The van der Waals surface area contributed by atoms with Crippen molar-refractivity contribution in [1.29, 1.82) is 0 Å². The summed E-state index contributed by atoms with van der Waals surface area (Å²) >= 11 is 0. The first kappa shape index (κ1) is 21.3. The van der Waals surface area contributed by atoms with Gasteiger partial charge in [-0.15, -0.1) is 24.0 Å². The molecule has 146 valence electrons. The minimum Gasteiger partial charge on any atom is -0.368 e. The molecule has 2 aliphatic rings. The van der Waals surface area contributed by atoms with E-state index < -0.39 is 0 Å². The van der Waals surface area contributed by atoms with Crippen LogP contribution >= 0.6 is 24.0 Å². The molecule has 2 heterocycles. The van der Waals surface area contributed by atoms with Gasteiger partial charge in [0.15, 0.2) is 5.96 Å². The molecule has 5 nitrogen and oxygen atoms in total. The third-order valence-corrected chi connectivity index (χ3v) is 5.30. The van der Waals surface area contributed by atoms with Gasteiger partial charge < -0.3 is 20.0 Å². The zero-order chi connectivity index (χ0) is 17.3. The molecular formula is C20H34IN5. The van der Waals surface area contributed by atoms with E-state index in [4.69, 9.17) is 0 Å². The van der Waals surface area contributed by atoms with Gasteiger partial charge in [0.2, 0.25) is 0 Å². The number of unbranched alkanes of at least 4 members (excludes halogenated alkanes) is 1. The molecule has 0 aliphatic carbocycles. The summed E-state index contributed by atoms with van der Waals surface area (Å²) in [5.74, 6) is 1.06. The Balaban J connectivity index is 0.00000243. The van der Waals surface area contributed by atoms with E-state index in [1.54, 1.807) is 0 Å². The monoisotopic (exact) mass is 471 g/mol. The number of piperazine rings is 1. The minimum absolute atomic E-state index is 0. The van der Waals surface area contributed by atoms with Gasteiger partial charge in [-0.25, -0.2) is 0 Å². The van der Waals surface area contributed by atoms with E-state index in [0.29, 0.717) is 0 Å². The number of hydrogen-bond acceptors (Lipinski definition) is 3. The topological polar surface area (TPSA) is 34.1 Å². The average Bonchev–Trinajstić information content (AvgIpc) is 3.19. The van der Waals surface area contributed by atoms with Crippen molar-refractivity contribution in [3.63, 3.8) is 0 Å². The average molecular weight is 471 g/mol. The largest absolute Gasteiger partial charge is 0.368 e. The highest BCUT2D eigenvalue weighted by Gasteiger charge is 2.19. The Morgan fingerprint density at radius 1 is 0.962 bits per heavy atom. The summed E-state index contributed by atoms with van der Waals surface area (Å²) in [4.78, 5) is 11.9. The fourth-order valence-electron chi connectivity index (χ4n) is 3.81. The van der Waals surface area contributed by atoms with Crippen LogP contribution in [0.3, 0.4) is 0 Å². The fraction of sp³-hybridized carbons (Fsp3) is 0.650. The summed E-state index contributed by atoms with van der Waals surface area (Å²) in [5, 5.41) is 3.56. The van der Waals surface area contributed by atoms with E-state index >= 15 is 0 Å². The number of halogens is 1. The van der Waals surface area contributed by atoms with Crippen molar-refractivity contribution in [1.82, 2.24) is 15.1 Å². The molecule has 0 atom stereocenters. The van der Waals surface area contributed by atoms with E-state index in [1.807, 2.05) is 7.05 Å². The number of guanidine groups is 1. The zero-order valence-corrected chi connectivity index (χ0v) is 18.4. The molecule has 1 aromatic rings. The number of nitrogens with one attached hydrogen (secondary N) is 1. The normalized spacial score (nSPS) is 18.7. The molecule has 2 aliphatic heterocycles. The second kappa shape index (κ2) is 11.6. The number of benzene rings is 1. The van der Waals surface area contributed by atoms with Crippen LogP contribution in [0.25, 0.3) is 0 Å². The predicted octanol–water partition coefficient (Wildman–Crippen LogP) is 2.88. The van der Waals surface area contributed by atoms with Crippen molar-refractivity contribution in [3.05, 3.63) is 30.3 Å². The third-order valence-electron chi connectivity index (χ3n) is 5.30. The van der Waals surface area contributed by atoms with Gasteiger partial charge in [-0.05, 0) is 57.5 Å². The molecule has 6 heteroatoms. The lowest BCUT2D eigenvalue weighted by Gasteiger charge is -2.37. The summed E-state index contributed by atoms with van der Waals surface area (Å²) in [7, 11) is 1.90. The molecule has 0 amide bonds. The maximum Gasteiger partial charge on any atom is 0.193 e. The summed E-state index contributed by atoms with van der Waals surface area (Å²) in [6.45, 7) is 9.07. The van der Waals surface area contributed by atoms with Crippen molar-refractivity contribution in [2.24, 2.45) is 4.99 Å². The van der Waals surface area contributed by atoms with Crippen molar-refractivity contribution < 1.29 is 0 Å². The molecule has 0 bridgehead atoms. The summed E-state index contributed by atoms with van der Waals surface area (Å²) in [6, 6.07) is 10.7. The number of para-hydroxylation sites is 1. The quantitative estimate of drug-likeness (QED) is 0.300. The molecule has 0 saturated carbocycles. The van der Waals surface area contributed by atoms with E-state index in [2.05, 4.69) is 55.3 Å². The van der Waals surface area contributed by atoms with Gasteiger partial charge >= 0.3 is 0 Å². The lowest BCUT2D eigenvalue weighted by atomic mass is 10.2. The van der Waals surface area contributed by atoms with Crippen LogP contribution in [0.4, 0.5) is 5.69 Å². The van der Waals surface area contributed by atoms with E-state index in [-0.39, 0.29) is 24.0 Å². The fourth-order valence-corrected chi connectivity index (χ4v) is 3.81. The standard InChI is InChI=1S/C20H33N5.HI/c1-21-20(22-11-5-6-12-23-13-7-8-14-23)25-17-15-24(16-18-25)19-9-3-2-4-10-19;/h2-4,9-10H,5-8,11-18H2,1H3,(H,21,22);1H. The SMILES string of the molecule is CN=C(NCCCCN1CCCC1)N1CCN(c2ccccc2)CC1.I. The van der Waals surface area contributed by atoms with Crippen LogP contribution in [0.1, 0.15) is 25.7 Å². The van der Waals surface area contributed by atoms with Crippen molar-refractivity contribution in [3.8, 4) is 0 Å². The van der Waals surface area contributed by atoms with Crippen LogP contribution in [0.15, 0.2) is 35.3 Å². The maximum atomic E-state index is 4.49. The van der Waals surface area contributed by atoms with Gasteiger partial charge in [-0.2, -0.15) is 0 Å². The zero-order valence-electron chi connectivity index (χ0n) is 16.1. The Labute approximate surface area is 175 Å². The number of aliphatic imine (C=N–C) groups is 1. The smallest absolute Gasteiger partial charge is 0.193 e. The predicted molar refractivity (Wildman–Crippen MR) is 122 cm³/mol. The molecule has 2 fully saturated rings. The van der Waals surface area contributed by atoms with Crippen LogP contribution in [0.5, 0.6) is 0 Å². The van der Waals surface area contributed by atoms with E-state index in [0.717, 1.165) is 38.7 Å². The van der Waals surface area contributed by atoms with Crippen LogP contribution in [0.2, 0.25) is 0 Å². The summed E-state index contributed by atoms with van der Waals surface area (Å²) < 4.78 is 0. The van der Waals surface area contributed by atoms with Gasteiger partial charge in [-0.1, -0.05) is 18.2 Å². The van der Waals surface area contributed by atoms with Crippen LogP contribution < -0.4 is 10.2 Å². The van der Waals surface area contributed by atoms with E-state index in [1.165, 1.54) is 51.0 Å². The van der Waals surface area contributed by atoms with Crippen LogP contribution in [-0.4, -0.2) is 75.2 Å². The second-order valence-corrected chi connectivity index (χ2v) is 7.04. The molecule has 0 unspecified atom stereocenters. The van der Waals surface area contributed by atoms with Crippen LogP contribution in [0, 0.1) is 0 Å². The summed E-state index contributed by atoms with van der Waals surface area (Å²) in [5.41, 5.74) is 1.33. The first-order valence-corrected chi connectivity index (χ1v) is 9.85. The van der Waals surface area contributed by atoms with Crippen molar-refractivity contribution >= 4 is 35.6 Å². The first-order chi connectivity index (χ1) is 12.4. The van der Waals surface area contributed by atoms with Gasteiger partial charge in [-0.3, -0.25) is 4.99 Å². The molecule has 0 radical (unpaired) electrons. The molecule has 1 N–H and O–H groups in total. The van der Waals surface area contributed by atoms with Gasteiger partial charge in [0.1, 0.15) is 0 Å². The van der Waals surface area contributed by atoms with Crippen molar-refractivity contribution in [2.75, 3.05) is 64.3 Å². The summed E-state index contributed by atoms with van der Waals surface area (Å²) in [6.07, 6.45) is 5.28. The molecule has 0 spiro atoms. The molecule has 26 heavy (non-hydrogen) atoms.